The Kier molecular flexibility index (Phi) is 5.78. The van der Waals surface area contributed by atoms with Gasteiger partial charge in [-0.1, -0.05) is 18.2 Å². The number of hydrogen-bond donors (Lipinski definition) is 2. The summed E-state index contributed by atoms with van der Waals surface area (Å²) in [5.74, 6) is 0.0364. The number of nitrogens with zero attached hydrogens (tertiary/aromatic N) is 3. The number of anilines is 1. The zero-order valence-electron chi connectivity index (χ0n) is 18.0. The lowest BCUT2D eigenvalue weighted by molar-refractivity contribution is -0.134. The first-order valence-electron chi connectivity index (χ1n) is 11.4. The molecule has 0 spiro atoms. The molecule has 5 rings (SSSR count). The molecule has 7 nitrogen and oxygen atoms in total. The van der Waals surface area contributed by atoms with Gasteiger partial charge in [-0.05, 0) is 37.8 Å². The van der Waals surface area contributed by atoms with E-state index in [0.29, 0.717) is 30.5 Å². The number of likely N-dealkylation sites (tertiary alicyclic amines) is 2. The predicted molar refractivity (Wildman–Crippen MR) is 124 cm³/mol. The van der Waals surface area contributed by atoms with Gasteiger partial charge >= 0.3 is 0 Å². The lowest BCUT2D eigenvalue weighted by atomic mass is 10.0. The predicted octanol–water partition coefficient (Wildman–Crippen LogP) is 2.91. The summed E-state index contributed by atoms with van der Waals surface area (Å²) in [5.41, 5.74) is 1.40. The number of halogens is 1. The third-order valence-corrected chi connectivity index (χ3v) is 6.65. The molecule has 0 radical (unpaired) electrons. The third-order valence-electron chi connectivity index (χ3n) is 6.65. The van der Waals surface area contributed by atoms with E-state index in [0.717, 1.165) is 48.8 Å². The van der Waals surface area contributed by atoms with Gasteiger partial charge in [0.1, 0.15) is 11.8 Å². The zero-order valence-corrected chi connectivity index (χ0v) is 18.0. The SMILES string of the molecule is O=C(CN1CCC(Nc2ccnc3[nH]c(=O)c4ccccc4c23)CC1)N1CCCC(F)C1. The van der Waals surface area contributed by atoms with Crippen molar-refractivity contribution in [2.75, 3.05) is 38.0 Å². The second kappa shape index (κ2) is 8.86. The minimum absolute atomic E-state index is 0.0364. The van der Waals surface area contributed by atoms with Gasteiger partial charge in [0.25, 0.3) is 5.56 Å². The van der Waals surface area contributed by atoms with E-state index in [2.05, 4.69) is 20.2 Å². The molecule has 32 heavy (non-hydrogen) atoms. The maximum Gasteiger partial charge on any atom is 0.257 e. The van der Waals surface area contributed by atoms with Gasteiger partial charge in [-0.3, -0.25) is 14.5 Å². The topological polar surface area (TPSA) is 81.3 Å². The largest absolute Gasteiger partial charge is 0.382 e. The normalized spacial score (nSPS) is 20.7. The Balaban J connectivity index is 1.26. The molecule has 2 aliphatic rings. The van der Waals surface area contributed by atoms with E-state index in [1.54, 1.807) is 11.1 Å². The number of rotatable bonds is 4. The fourth-order valence-corrected chi connectivity index (χ4v) is 4.92. The van der Waals surface area contributed by atoms with Crippen LogP contribution in [0.4, 0.5) is 10.1 Å². The van der Waals surface area contributed by atoms with Crippen molar-refractivity contribution in [3.63, 3.8) is 0 Å². The van der Waals surface area contributed by atoms with E-state index in [1.807, 2.05) is 30.3 Å². The van der Waals surface area contributed by atoms with Crippen molar-refractivity contribution in [2.24, 2.45) is 0 Å². The van der Waals surface area contributed by atoms with Crippen molar-refractivity contribution in [3.05, 3.63) is 46.9 Å². The van der Waals surface area contributed by atoms with Crippen LogP contribution < -0.4 is 10.9 Å². The smallest absolute Gasteiger partial charge is 0.257 e. The molecule has 0 saturated carbocycles. The van der Waals surface area contributed by atoms with Crippen LogP contribution in [0.3, 0.4) is 0 Å². The van der Waals surface area contributed by atoms with Gasteiger partial charge in [0, 0.05) is 53.7 Å². The summed E-state index contributed by atoms with van der Waals surface area (Å²) in [6.07, 6.45) is 3.95. The molecule has 0 bridgehead atoms. The highest BCUT2D eigenvalue weighted by molar-refractivity contribution is 6.10. The Bertz CT molecular complexity index is 1190. The Morgan fingerprint density at radius 1 is 1.12 bits per heavy atom. The van der Waals surface area contributed by atoms with Gasteiger partial charge in [-0.2, -0.15) is 0 Å². The summed E-state index contributed by atoms with van der Waals surface area (Å²) >= 11 is 0. The zero-order chi connectivity index (χ0) is 22.1. The molecule has 8 heteroatoms. The number of H-pyrrole nitrogens is 1. The molecule has 168 valence electrons. The fraction of sp³-hybridized carbons (Fsp3) is 0.458. The van der Waals surface area contributed by atoms with E-state index in [9.17, 15) is 14.0 Å². The molecule has 2 aromatic heterocycles. The van der Waals surface area contributed by atoms with Crippen LogP contribution >= 0.6 is 0 Å². The van der Waals surface area contributed by atoms with Crippen LogP contribution in [0.2, 0.25) is 0 Å². The number of carbonyl (C=O) groups excluding carboxylic acids is 1. The van der Waals surface area contributed by atoms with Gasteiger partial charge in [0.15, 0.2) is 0 Å². The molecule has 2 saturated heterocycles. The number of carbonyl (C=O) groups is 1. The maximum atomic E-state index is 13.6. The van der Waals surface area contributed by atoms with Crippen LogP contribution in [0.25, 0.3) is 21.8 Å². The lowest BCUT2D eigenvalue weighted by Crippen LogP contribution is -2.48. The quantitative estimate of drug-likeness (QED) is 0.614. The second-order valence-electron chi connectivity index (χ2n) is 8.86. The highest BCUT2D eigenvalue weighted by atomic mass is 19.1. The highest BCUT2D eigenvalue weighted by Crippen LogP contribution is 2.29. The molecule has 3 aromatic rings. The molecule has 0 aliphatic carbocycles. The van der Waals surface area contributed by atoms with Crippen LogP contribution in [0.5, 0.6) is 0 Å². The molecule has 1 aromatic carbocycles. The number of aromatic amines is 1. The second-order valence-corrected chi connectivity index (χ2v) is 8.86. The van der Waals surface area contributed by atoms with E-state index in [4.69, 9.17) is 0 Å². The minimum Gasteiger partial charge on any atom is -0.382 e. The van der Waals surface area contributed by atoms with Crippen LogP contribution in [-0.2, 0) is 4.79 Å². The van der Waals surface area contributed by atoms with Crippen molar-refractivity contribution in [1.82, 2.24) is 19.8 Å². The molecule has 1 unspecified atom stereocenters. The number of hydrogen-bond acceptors (Lipinski definition) is 5. The van der Waals surface area contributed by atoms with Crippen molar-refractivity contribution in [3.8, 4) is 0 Å². The van der Waals surface area contributed by atoms with Gasteiger partial charge in [0.2, 0.25) is 5.91 Å². The maximum absolute atomic E-state index is 13.6. The summed E-state index contributed by atoms with van der Waals surface area (Å²) in [6.45, 7) is 2.90. The van der Waals surface area contributed by atoms with Crippen LogP contribution in [0.15, 0.2) is 41.3 Å². The van der Waals surface area contributed by atoms with E-state index in [-0.39, 0.29) is 24.1 Å². The highest BCUT2D eigenvalue weighted by Gasteiger charge is 2.27. The first-order chi connectivity index (χ1) is 15.6. The number of aromatic nitrogens is 2. The molecule has 1 amide bonds. The monoisotopic (exact) mass is 437 g/mol. The number of piperidine rings is 2. The average Bonchev–Trinajstić information content (AvgIpc) is 2.80. The summed E-state index contributed by atoms with van der Waals surface area (Å²) < 4.78 is 13.6. The standard InChI is InChI=1S/C24H28FN5O2/c25-16-4-3-11-30(14-16)21(31)15-29-12-8-17(9-13-29)27-20-7-10-26-23-22(20)18-5-1-2-6-19(18)24(32)28-23/h1-2,5-7,10,16-17H,3-4,8-9,11-15H2,(H2,26,27,28,32). The first kappa shape index (κ1) is 20.9. The van der Waals surface area contributed by atoms with Gasteiger partial charge in [-0.25, -0.2) is 9.37 Å². The number of pyridine rings is 2. The Morgan fingerprint density at radius 3 is 2.69 bits per heavy atom. The first-order valence-corrected chi connectivity index (χ1v) is 11.4. The fourth-order valence-electron chi connectivity index (χ4n) is 4.92. The van der Waals surface area contributed by atoms with E-state index in [1.165, 1.54) is 0 Å². The van der Waals surface area contributed by atoms with Crippen LogP contribution in [0.1, 0.15) is 25.7 Å². The molecular formula is C24H28FN5O2. The summed E-state index contributed by atoms with van der Waals surface area (Å²) in [4.78, 5) is 36.0. The Hall–Kier alpha value is -3.00. The van der Waals surface area contributed by atoms with Gasteiger partial charge in [-0.15, -0.1) is 0 Å². The van der Waals surface area contributed by atoms with Gasteiger partial charge in [0.05, 0.1) is 13.1 Å². The van der Waals surface area contributed by atoms with Crippen LogP contribution in [0, 0.1) is 0 Å². The third kappa shape index (κ3) is 4.19. The average molecular weight is 438 g/mol. The molecule has 4 heterocycles. The summed E-state index contributed by atoms with van der Waals surface area (Å²) in [6, 6.07) is 9.79. The number of amides is 1. The van der Waals surface area contributed by atoms with E-state index >= 15 is 0 Å². The molecule has 1 atom stereocenters. The Morgan fingerprint density at radius 2 is 1.91 bits per heavy atom. The summed E-state index contributed by atoms with van der Waals surface area (Å²) in [5, 5.41) is 6.10. The lowest BCUT2D eigenvalue weighted by Gasteiger charge is -2.35. The number of fused-ring (bicyclic) bond motifs is 3. The molecule has 2 aliphatic heterocycles. The Labute approximate surface area is 185 Å². The molecule has 2 N–H and O–H groups in total. The van der Waals surface area contributed by atoms with Crippen LogP contribution in [-0.4, -0.2) is 70.6 Å². The van der Waals surface area contributed by atoms with Crippen molar-refractivity contribution in [1.29, 1.82) is 0 Å². The van der Waals surface area contributed by atoms with Gasteiger partial charge < -0.3 is 15.2 Å². The minimum atomic E-state index is -0.885. The number of nitrogens with one attached hydrogen (secondary N) is 2. The summed E-state index contributed by atoms with van der Waals surface area (Å²) in [7, 11) is 0. The van der Waals surface area contributed by atoms with Crippen molar-refractivity contribution < 1.29 is 9.18 Å². The number of alkyl halides is 1. The number of benzene rings is 1. The molecule has 2 fully saturated rings. The van der Waals surface area contributed by atoms with Crippen molar-refractivity contribution >= 4 is 33.4 Å². The molecular weight excluding hydrogens is 409 g/mol. The van der Waals surface area contributed by atoms with E-state index < -0.39 is 6.17 Å². The van der Waals surface area contributed by atoms with Crippen molar-refractivity contribution in [2.45, 2.75) is 37.9 Å².